The number of hydrazone groups is 1. The molecule has 0 unspecified atom stereocenters. The zero-order chi connectivity index (χ0) is 12.8. The average molecular weight is 236 g/mol. The Morgan fingerprint density at radius 2 is 1.50 bits per heavy atom. The standard InChI is InChI=1S/C16H16N2/c1-13(2)16(14-9-5-3-6-10-14)18-17-15-11-7-4-8-12-15/h3-12,17H,1H2,2H3. The maximum absolute atomic E-state index is 4.43. The number of hydrogen-bond acceptors (Lipinski definition) is 2. The molecule has 0 saturated heterocycles. The lowest BCUT2D eigenvalue weighted by atomic mass is 10.1. The van der Waals surface area contributed by atoms with Gasteiger partial charge >= 0.3 is 0 Å². The Hall–Kier alpha value is -2.35. The van der Waals surface area contributed by atoms with Crippen LogP contribution in [0, 0.1) is 0 Å². The van der Waals surface area contributed by atoms with E-state index in [0.29, 0.717) is 0 Å². The van der Waals surface area contributed by atoms with Crippen LogP contribution < -0.4 is 5.43 Å². The Balaban J connectivity index is 2.24. The number of rotatable bonds is 4. The molecule has 18 heavy (non-hydrogen) atoms. The van der Waals surface area contributed by atoms with Gasteiger partial charge in [0.25, 0.3) is 0 Å². The van der Waals surface area contributed by atoms with Crippen molar-refractivity contribution in [2.45, 2.75) is 6.92 Å². The molecule has 0 aromatic heterocycles. The first-order chi connectivity index (χ1) is 8.77. The molecule has 2 heteroatoms. The molecule has 1 N–H and O–H groups in total. The molecule has 0 aliphatic carbocycles. The van der Waals surface area contributed by atoms with Crippen LogP contribution in [0.2, 0.25) is 0 Å². The van der Waals surface area contributed by atoms with Gasteiger partial charge in [-0.2, -0.15) is 5.10 Å². The summed E-state index contributed by atoms with van der Waals surface area (Å²) in [6, 6.07) is 19.9. The van der Waals surface area contributed by atoms with Crippen LogP contribution in [0.3, 0.4) is 0 Å². The lowest BCUT2D eigenvalue weighted by Gasteiger charge is -2.07. The number of allylic oxidation sites excluding steroid dienone is 1. The minimum atomic E-state index is 0.874. The molecule has 0 radical (unpaired) electrons. The zero-order valence-electron chi connectivity index (χ0n) is 10.4. The molecule has 0 fully saturated rings. The predicted octanol–water partition coefficient (Wildman–Crippen LogP) is 4.08. The van der Waals surface area contributed by atoms with Crippen LogP contribution in [0.5, 0.6) is 0 Å². The summed E-state index contributed by atoms with van der Waals surface area (Å²) in [4.78, 5) is 0. The highest BCUT2D eigenvalue weighted by Gasteiger charge is 2.03. The molecular weight excluding hydrogens is 220 g/mol. The van der Waals surface area contributed by atoms with Crippen molar-refractivity contribution >= 4 is 11.4 Å². The van der Waals surface area contributed by atoms with E-state index in [1.54, 1.807) is 0 Å². The molecule has 0 heterocycles. The third-order valence-electron chi connectivity index (χ3n) is 2.52. The topological polar surface area (TPSA) is 24.4 Å². The lowest BCUT2D eigenvalue weighted by Crippen LogP contribution is -2.05. The Morgan fingerprint density at radius 3 is 2.06 bits per heavy atom. The van der Waals surface area contributed by atoms with Gasteiger partial charge in [0.15, 0.2) is 0 Å². The van der Waals surface area contributed by atoms with Crippen LogP contribution in [-0.2, 0) is 0 Å². The summed E-state index contributed by atoms with van der Waals surface area (Å²) in [7, 11) is 0. The Kier molecular flexibility index (Phi) is 3.92. The fourth-order valence-corrected chi connectivity index (χ4v) is 1.64. The van der Waals surface area contributed by atoms with E-state index in [9.17, 15) is 0 Å². The van der Waals surface area contributed by atoms with E-state index in [2.05, 4.69) is 17.1 Å². The highest BCUT2D eigenvalue weighted by Crippen LogP contribution is 2.10. The predicted molar refractivity (Wildman–Crippen MR) is 77.9 cm³/mol. The van der Waals surface area contributed by atoms with Crippen molar-refractivity contribution in [1.29, 1.82) is 0 Å². The van der Waals surface area contributed by atoms with Gasteiger partial charge in [0.1, 0.15) is 0 Å². The average Bonchev–Trinajstić information content (AvgIpc) is 2.41. The number of nitrogens with zero attached hydrogens (tertiary/aromatic N) is 1. The van der Waals surface area contributed by atoms with Gasteiger partial charge in [-0.3, -0.25) is 5.43 Å². The van der Waals surface area contributed by atoms with Crippen LogP contribution in [0.1, 0.15) is 12.5 Å². The highest BCUT2D eigenvalue weighted by atomic mass is 15.3. The third kappa shape index (κ3) is 3.08. The number of nitrogens with one attached hydrogen (secondary N) is 1. The summed E-state index contributed by atoms with van der Waals surface area (Å²) in [5.41, 5.74) is 6.89. The van der Waals surface area contributed by atoms with E-state index >= 15 is 0 Å². The van der Waals surface area contributed by atoms with E-state index in [4.69, 9.17) is 0 Å². The van der Waals surface area contributed by atoms with Gasteiger partial charge < -0.3 is 0 Å². The van der Waals surface area contributed by atoms with Crippen LogP contribution in [0.4, 0.5) is 5.69 Å². The van der Waals surface area contributed by atoms with Crippen molar-refractivity contribution in [1.82, 2.24) is 0 Å². The molecule has 0 spiro atoms. The van der Waals surface area contributed by atoms with Crippen molar-refractivity contribution < 1.29 is 0 Å². The van der Waals surface area contributed by atoms with Crippen molar-refractivity contribution in [3.8, 4) is 0 Å². The quantitative estimate of drug-likeness (QED) is 0.627. The Morgan fingerprint density at radius 1 is 0.944 bits per heavy atom. The minimum absolute atomic E-state index is 0.874. The molecule has 2 rings (SSSR count). The second kappa shape index (κ2) is 5.82. The molecule has 0 amide bonds. The van der Waals surface area contributed by atoms with E-state index in [1.165, 1.54) is 0 Å². The second-order valence-corrected chi connectivity index (χ2v) is 4.08. The molecule has 2 aromatic rings. The van der Waals surface area contributed by atoms with Crippen LogP contribution in [-0.4, -0.2) is 5.71 Å². The molecule has 0 bridgehead atoms. The summed E-state index contributed by atoms with van der Waals surface area (Å²) in [6.07, 6.45) is 0. The molecule has 2 aromatic carbocycles. The van der Waals surface area contributed by atoms with Gasteiger partial charge in [0.05, 0.1) is 11.4 Å². The molecule has 0 atom stereocenters. The van der Waals surface area contributed by atoms with E-state index in [0.717, 1.165) is 22.5 Å². The van der Waals surface area contributed by atoms with E-state index < -0.39 is 0 Å². The smallest absolute Gasteiger partial charge is 0.0928 e. The fourth-order valence-electron chi connectivity index (χ4n) is 1.64. The maximum Gasteiger partial charge on any atom is 0.0928 e. The fraction of sp³-hybridized carbons (Fsp3) is 0.0625. The van der Waals surface area contributed by atoms with Crippen LogP contribution in [0.15, 0.2) is 77.9 Å². The van der Waals surface area contributed by atoms with Crippen LogP contribution >= 0.6 is 0 Å². The summed E-state index contributed by atoms with van der Waals surface area (Å²) in [5.74, 6) is 0. The Labute approximate surface area is 108 Å². The number of para-hydroxylation sites is 1. The molecule has 90 valence electrons. The van der Waals surface area contributed by atoms with Crippen LogP contribution in [0.25, 0.3) is 0 Å². The lowest BCUT2D eigenvalue weighted by molar-refractivity contribution is 1.32. The van der Waals surface area contributed by atoms with Gasteiger partial charge in [-0.25, -0.2) is 0 Å². The minimum Gasteiger partial charge on any atom is -0.278 e. The van der Waals surface area contributed by atoms with Crippen molar-refractivity contribution in [2.24, 2.45) is 5.10 Å². The first-order valence-corrected chi connectivity index (χ1v) is 5.87. The largest absolute Gasteiger partial charge is 0.278 e. The van der Waals surface area contributed by atoms with Gasteiger partial charge in [0.2, 0.25) is 0 Å². The van der Waals surface area contributed by atoms with Gasteiger partial charge in [-0.15, -0.1) is 0 Å². The summed E-state index contributed by atoms with van der Waals surface area (Å²) < 4.78 is 0. The molecule has 2 nitrogen and oxygen atoms in total. The molecule has 0 aliphatic rings. The highest BCUT2D eigenvalue weighted by molar-refractivity contribution is 6.12. The first kappa shape index (κ1) is 12.1. The van der Waals surface area contributed by atoms with Gasteiger partial charge in [0, 0.05) is 5.56 Å². The maximum atomic E-state index is 4.43. The first-order valence-electron chi connectivity index (χ1n) is 5.87. The molecule has 0 saturated carbocycles. The zero-order valence-corrected chi connectivity index (χ0v) is 10.4. The van der Waals surface area contributed by atoms with Crippen molar-refractivity contribution in [2.75, 3.05) is 5.43 Å². The SMILES string of the molecule is C=C(C)C(=NNc1ccccc1)c1ccccc1. The number of benzene rings is 2. The number of anilines is 1. The number of hydrogen-bond donors (Lipinski definition) is 1. The normalized spacial score (nSPS) is 11.1. The molecule has 0 aliphatic heterocycles. The molecular formula is C16H16N2. The third-order valence-corrected chi connectivity index (χ3v) is 2.52. The Bertz CT molecular complexity index is 542. The summed E-state index contributed by atoms with van der Waals surface area (Å²) in [6.45, 7) is 5.93. The van der Waals surface area contributed by atoms with Crippen molar-refractivity contribution in [3.63, 3.8) is 0 Å². The van der Waals surface area contributed by atoms with E-state index in [-0.39, 0.29) is 0 Å². The van der Waals surface area contributed by atoms with Gasteiger partial charge in [-0.1, -0.05) is 55.1 Å². The monoisotopic (exact) mass is 236 g/mol. The summed E-state index contributed by atoms with van der Waals surface area (Å²) >= 11 is 0. The van der Waals surface area contributed by atoms with E-state index in [1.807, 2.05) is 67.6 Å². The second-order valence-electron chi connectivity index (χ2n) is 4.08. The van der Waals surface area contributed by atoms with Crippen molar-refractivity contribution in [3.05, 3.63) is 78.4 Å². The van der Waals surface area contributed by atoms with Gasteiger partial charge in [-0.05, 0) is 24.6 Å². The summed E-state index contributed by atoms with van der Waals surface area (Å²) in [5, 5.41) is 4.43.